The van der Waals surface area contributed by atoms with E-state index >= 15 is 0 Å². The first-order chi connectivity index (χ1) is 15.8. The lowest BCUT2D eigenvalue weighted by Gasteiger charge is -2.23. The number of hydrogen-bond donors (Lipinski definition) is 0. The Bertz CT molecular complexity index is 1300. The molecule has 0 radical (unpaired) electrons. The highest BCUT2D eigenvalue weighted by Gasteiger charge is 2.33. The topological polar surface area (TPSA) is 72.3 Å². The Balaban J connectivity index is 1.69. The number of carbonyl (C=O) groups excluding carboxylic acids is 2. The maximum Gasteiger partial charge on any atom is 0.263 e. The lowest BCUT2D eigenvalue weighted by atomic mass is 10.2. The van der Waals surface area contributed by atoms with Gasteiger partial charge in [0, 0.05) is 28.6 Å². The van der Waals surface area contributed by atoms with Gasteiger partial charge in [-0.2, -0.15) is 0 Å². The van der Waals surface area contributed by atoms with Crippen molar-refractivity contribution in [3.8, 4) is 0 Å². The Hall–Kier alpha value is -2.42. The number of halogens is 1. The van der Waals surface area contributed by atoms with Gasteiger partial charge in [0.25, 0.3) is 11.5 Å². The fourth-order valence-electron chi connectivity index (χ4n) is 3.88. The molecule has 0 unspecified atom stereocenters. The molecule has 0 bridgehead atoms. The first-order valence-electron chi connectivity index (χ1n) is 10.7. The average molecular weight is 502 g/mol. The lowest BCUT2D eigenvalue weighted by Crippen LogP contribution is -2.41. The Morgan fingerprint density at radius 2 is 2.00 bits per heavy atom. The lowest BCUT2D eigenvalue weighted by molar-refractivity contribution is -0.127. The maximum absolute atomic E-state index is 13.4. The molecule has 0 aliphatic carbocycles. The van der Waals surface area contributed by atoms with Crippen molar-refractivity contribution in [3.05, 3.63) is 68.3 Å². The molecular weight excluding hydrogens is 478 g/mol. The Labute approximate surface area is 205 Å². The van der Waals surface area contributed by atoms with Crippen molar-refractivity contribution in [2.24, 2.45) is 0 Å². The normalized spacial score (nSPS) is 16.8. The number of thiophene rings is 1. The number of nitrogens with zero attached hydrogens (tertiary/aromatic N) is 3. The number of rotatable bonds is 5. The molecule has 3 aromatic rings. The smallest absolute Gasteiger partial charge is 0.263 e. The largest absolute Gasteiger partial charge is 0.283 e. The number of aromatic nitrogens is 2. The number of amides is 2. The van der Waals surface area contributed by atoms with Crippen LogP contribution < -0.4 is 5.56 Å². The van der Waals surface area contributed by atoms with E-state index in [0.29, 0.717) is 45.5 Å². The minimum atomic E-state index is -0.508. The van der Waals surface area contributed by atoms with Crippen LogP contribution in [0.2, 0.25) is 5.02 Å². The zero-order chi connectivity index (χ0) is 23.7. The van der Waals surface area contributed by atoms with Gasteiger partial charge >= 0.3 is 0 Å². The standard InChI is InChI=1S/C24H24ClN3O3S2/c1-4-12-28-23(31)19-14(2)15(3)32-20(19)26-24(28)33-18-7-5-6-13-27(22(18)30)21(29)16-8-10-17(25)11-9-16/h4,8-11,18H,1,5-7,12-13H2,2-3H3/t18-/m1/s1. The van der Waals surface area contributed by atoms with Gasteiger partial charge in [-0.3, -0.25) is 23.9 Å². The number of carbonyl (C=O) groups is 2. The van der Waals surface area contributed by atoms with Crippen molar-refractivity contribution in [3.63, 3.8) is 0 Å². The van der Waals surface area contributed by atoms with Crippen molar-refractivity contribution in [1.82, 2.24) is 14.5 Å². The zero-order valence-electron chi connectivity index (χ0n) is 18.5. The van der Waals surface area contributed by atoms with Crippen LogP contribution in [0.1, 0.15) is 40.1 Å². The number of allylic oxidation sites excluding steroid dienone is 1. The zero-order valence-corrected chi connectivity index (χ0v) is 20.9. The van der Waals surface area contributed by atoms with Crippen LogP contribution >= 0.6 is 34.7 Å². The van der Waals surface area contributed by atoms with Gasteiger partial charge in [0.1, 0.15) is 4.83 Å². The molecule has 0 spiro atoms. The van der Waals surface area contributed by atoms with Crippen molar-refractivity contribution in [1.29, 1.82) is 0 Å². The molecule has 1 fully saturated rings. The van der Waals surface area contributed by atoms with Crippen LogP contribution in [0.25, 0.3) is 10.2 Å². The second kappa shape index (κ2) is 9.83. The van der Waals surface area contributed by atoms with Gasteiger partial charge in [0.15, 0.2) is 5.16 Å². The first-order valence-corrected chi connectivity index (χ1v) is 12.8. The summed E-state index contributed by atoms with van der Waals surface area (Å²) in [4.78, 5) is 47.6. The number of likely N-dealkylation sites (tertiary alicyclic amines) is 1. The highest BCUT2D eigenvalue weighted by molar-refractivity contribution is 8.00. The third-order valence-corrected chi connectivity index (χ3v) is 8.39. The average Bonchev–Trinajstić information content (AvgIpc) is 2.96. The van der Waals surface area contributed by atoms with Gasteiger partial charge < -0.3 is 0 Å². The van der Waals surface area contributed by atoms with Crippen LogP contribution in [0.5, 0.6) is 0 Å². The van der Waals surface area contributed by atoms with Crippen LogP contribution in [0.15, 0.2) is 46.9 Å². The van der Waals surface area contributed by atoms with Gasteiger partial charge in [0.05, 0.1) is 10.6 Å². The van der Waals surface area contributed by atoms with Crippen molar-refractivity contribution in [2.75, 3.05) is 6.54 Å². The van der Waals surface area contributed by atoms with Gasteiger partial charge in [-0.15, -0.1) is 17.9 Å². The quantitative estimate of drug-likeness (QED) is 0.272. The van der Waals surface area contributed by atoms with Crippen LogP contribution in [0, 0.1) is 13.8 Å². The fourth-order valence-corrected chi connectivity index (χ4v) is 6.28. The Morgan fingerprint density at radius 1 is 1.27 bits per heavy atom. The second-order valence-electron chi connectivity index (χ2n) is 7.97. The molecule has 1 aromatic carbocycles. The number of thioether (sulfide) groups is 1. The minimum absolute atomic E-state index is 0.126. The SMILES string of the molecule is C=CCn1c(S[C@@H]2CCCCN(C(=O)c3ccc(Cl)cc3)C2=O)nc2sc(C)c(C)c2c1=O. The molecule has 0 N–H and O–H groups in total. The molecule has 4 rings (SSSR count). The van der Waals surface area contributed by atoms with Gasteiger partial charge in [-0.1, -0.05) is 35.9 Å². The number of imide groups is 1. The molecule has 6 nitrogen and oxygen atoms in total. The van der Waals surface area contributed by atoms with E-state index in [2.05, 4.69) is 6.58 Å². The minimum Gasteiger partial charge on any atom is -0.283 e. The van der Waals surface area contributed by atoms with Crippen molar-refractivity contribution >= 4 is 56.7 Å². The van der Waals surface area contributed by atoms with Crippen molar-refractivity contribution < 1.29 is 9.59 Å². The number of aryl methyl sites for hydroxylation is 2. The maximum atomic E-state index is 13.4. The molecule has 0 saturated carbocycles. The highest BCUT2D eigenvalue weighted by atomic mass is 35.5. The predicted octanol–water partition coefficient (Wildman–Crippen LogP) is 5.23. The van der Waals surface area contributed by atoms with E-state index in [1.54, 1.807) is 34.9 Å². The van der Waals surface area contributed by atoms with Crippen LogP contribution in [0.4, 0.5) is 0 Å². The number of hydrogen-bond acceptors (Lipinski definition) is 6. The second-order valence-corrected chi connectivity index (χ2v) is 10.8. The molecule has 9 heteroatoms. The molecule has 2 amide bonds. The van der Waals surface area contributed by atoms with E-state index in [9.17, 15) is 14.4 Å². The van der Waals surface area contributed by atoms with E-state index in [1.165, 1.54) is 28.0 Å². The molecule has 1 saturated heterocycles. The van der Waals surface area contributed by atoms with E-state index < -0.39 is 5.25 Å². The monoisotopic (exact) mass is 501 g/mol. The summed E-state index contributed by atoms with van der Waals surface area (Å²) in [6.07, 6.45) is 3.80. The summed E-state index contributed by atoms with van der Waals surface area (Å²) in [7, 11) is 0. The summed E-state index contributed by atoms with van der Waals surface area (Å²) in [5.74, 6) is -0.587. The third-order valence-electron chi connectivity index (χ3n) is 5.79. The molecule has 1 aliphatic rings. The number of fused-ring (bicyclic) bond motifs is 1. The summed E-state index contributed by atoms with van der Waals surface area (Å²) in [5, 5.41) is 1.12. The van der Waals surface area contributed by atoms with Gasteiger partial charge in [0.2, 0.25) is 5.91 Å². The fraction of sp³-hybridized carbons (Fsp3) is 0.333. The molecular formula is C24H24ClN3O3S2. The van der Waals surface area contributed by atoms with Gasteiger partial charge in [-0.25, -0.2) is 4.98 Å². The highest BCUT2D eigenvalue weighted by Crippen LogP contribution is 2.33. The predicted molar refractivity (Wildman–Crippen MR) is 135 cm³/mol. The van der Waals surface area contributed by atoms with E-state index in [1.807, 2.05) is 13.8 Å². The van der Waals surface area contributed by atoms with Crippen LogP contribution in [-0.4, -0.2) is 38.1 Å². The number of benzene rings is 1. The van der Waals surface area contributed by atoms with E-state index in [-0.39, 0.29) is 17.4 Å². The summed E-state index contributed by atoms with van der Waals surface area (Å²) < 4.78 is 1.57. The van der Waals surface area contributed by atoms with E-state index in [4.69, 9.17) is 16.6 Å². The molecule has 3 heterocycles. The third kappa shape index (κ3) is 4.65. The van der Waals surface area contributed by atoms with E-state index in [0.717, 1.165) is 23.3 Å². The Kier molecular flexibility index (Phi) is 7.07. The van der Waals surface area contributed by atoms with Crippen LogP contribution in [-0.2, 0) is 11.3 Å². The molecule has 2 aromatic heterocycles. The summed E-state index contributed by atoms with van der Waals surface area (Å²) in [6.45, 7) is 8.34. The summed E-state index contributed by atoms with van der Waals surface area (Å²) in [6, 6.07) is 6.54. The van der Waals surface area contributed by atoms with Gasteiger partial charge in [-0.05, 0) is 56.5 Å². The molecule has 33 heavy (non-hydrogen) atoms. The molecule has 172 valence electrons. The molecule has 1 aliphatic heterocycles. The summed E-state index contributed by atoms with van der Waals surface area (Å²) in [5.41, 5.74) is 1.23. The van der Waals surface area contributed by atoms with Crippen LogP contribution in [0.3, 0.4) is 0 Å². The molecule has 1 atom stereocenters. The first kappa shape index (κ1) is 23.7. The van der Waals surface area contributed by atoms with Crippen molar-refractivity contribution in [2.45, 2.75) is 50.1 Å². The summed E-state index contributed by atoms with van der Waals surface area (Å²) >= 11 is 8.68. The Morgan fingerprint density at radius 3 is 2.70 bits per heavy atom.